The van der Waals surface area contributed by atoms with Gasteiger partial charge < -0.3 is 4.98 Å². The van der Waals surface area contributed by atoms with E-state index in [0.717, 1.165) is 28.4 Å². The predicted octanol–water partition coefficient (Wildman–Crippen LogP) is 2.86. The summed E-state index contributed by atoms with van der Waals surface area (Å²) in [6, 6.07) is 1.50. The number of thioether (sulfide) groups is 1. The summed E-state index contributed by atoms with van der Waals surface area (Å²) >= 11 is 3.40. The van der Waals surface area contributed by atoms with Crippen molar-refractivity contribution >= 4 is 33.3 Å². The number of nitrogens with zero attached hydrogens (tertiary/aromatic N) is 3. The number of aromatic amines is 1. The van der Waals surface area contributed by atoms with Crippen molar-refractivity contribution in [3.05, 3.63) is 44.7 Å². The smallest absolute Gasteiger partial charge is 0.251 e. The van der Waals surface area contributed by atoms with Gasteiger partial charge in [-0.25, -0.2) is 15.0 Å². The third-order valence-electron chi connectivity index (χ3n) is 3.73. The van der Waals surface area contributed by atoms with Crippen LogP contribution in [0.4, 0.5) is 0 Å². The van der Waals surface area contributed by atoms with E-state index >= 15 is 0 Å². The van der Waals surface area contributed by atoms with Crippen LogP contribution in [0.2, 0.25) is 0 Å². The number of rotatable bonds is 3. The van der Waals surface area contributed by atoms with Gasteiger partial charge in [0.1, 0.15) is 22.0 Å². The second-order valence-corrected chi connectivity index (χ2v) is 7.39. The summed E-state index contributed by atoms with van der Waals surface area (Å²) < 4.78 is 0. The van der Waals surface area contributed by atoms with Crippen molar-refractivity contribution in [2.75, 3.05) is 0 Å². The number of H-pyrrole nitrogens is 1. The molecule has 0 spiro atoms. The highest BCUT2D eigenvalue weighted by molar-refractivity contribution is 7.98. The van der Waals surface area contributed by atoms with E-state index in [0.29, 0.717) is 11.6 Å². The number of fused-ring (bicyclic) bond motifs is 3. The summed E-state index contributed by atoms with van der Waals surface area (Å²) in [5.41, 5.74) is 2.06. The zero-order valence-corrected chi connectivity index (χ0v) is 13.7. The summed E-state index contributed by atoms with van der Waals surface area (Å²) in [5.74, 6) is 1.29. The Hall–Kier alpha value is -1.73. The molecule has 5 nitrogen and oxygen atoms in total. The normalized spacial score (nSPS) is 13.7. The van der Waals surface area contributed by atoms with Crippen LogP contribution in [0.25, 0.3) is 10.2 Å². The summed E-state index contributed by atoms with van der Waals surface area (Å²) in [4.78, 5) is 30.1. The molecule has 3 heterocycles. The SMILES string of the molecule is Cc1cc(=O)[nH]c(CSc2ncnc3sc4c(c23)CCC4)n1. The molecule has 7 heteroatoms. The second-order valence-electron chi connectivity index (χ2n) is 5.34. The molecule has 0 unspecified atom stereocenters. The zero-order chi connectivity index (χ0) is 15.1. The molecule has 0 radical (unpaired) electrons. The van der Waals surface area contributed by atoms with Gasteiger partial charge in [-0.1, -0.05) is 11.8 Å². The van der Waals surface area contributed by atoms with Crippen LogP contribution in [0.5, 0.6) is 0 Å². The molecule has 0 aromatic carbocycles. The van der Waals surface area contributed by atoms with E-state index in [1.165, 1.54) is 28.3 Å². The fraction of sp³-hybridized carbons (Fsp3) is 0.333. The Morgan fingerprint density at radius 2 is 2.27 bits per heavy atom. The molecule has 1 aliphatic rings. The molecule has 0 amide bonds. The molecule has 0 aliphatic heterocycles. The minimum atomic E-state index is -0.104. The molecule has 112 valence electrons. The molecular formula is C15H14N4OS2. The molecule has 3 aromatic heterocycles. The van der Waals surface area contributed by atoms with Crippen molar-refractivity contribution in [3.63, 3.8) is 0 Å². The van der Waals surface area contributed by atoms with E-state index in [1.54, 1.807) is 29.4 Å². The predicted molar refractivity (Wildman–Crippen MR) is 88.6 cm³/mol. The highest BCUT2D eigenvalue weighted by Gasteiger charge is 2.21. The highest BCUT2D eigenvalue weighted by atomic mass is 32.2. The van der Waals surface area contributed by atoms with Gasteiger partial charge in [0, 0.05) is 22.0 Å². The van der Waals surface area contributed by atoms with E-state index in [-0.39, 0.29) is 5.56 Å². The molecule has 1 aliphatic carbocycles. The lowest BCUT2D eigenvalue weighted by Crippen LogP contribution is -2.10. The molecule has 0 fully saturated rings. The number of hydrogen-bond donors (Lipinski definition) is 1. The topological polar surface area (TPSA) is 71.5 Å². The van der Waals surface area contributed by atoms with Gasteiger partial charge in [0.25, 0.3) is 5.56 Å². The number of aromatic nitrogens is 4. The zero-order valence-electron chi connectivity index (χ0n) is 12.0. The molecule has 0 saturated carbocycles. The summed E-state index contributed by atoms with van der Waals surface area (Å²) in [6.45, 7) is 1.83. The molecule has 0 saturated heterocycles. The van der Waals surface area contributed by atoms with Gasteiger partial charge in [-0.15, -0.1) is 11.3 Å². The van der Waals surface area contributed by atoms with E-state index in [9.17, 15) is 4.79 Å². The van der Waals surface area contributed by atoms with E-state index in [1.807, 2.05) is 6.92 Å². The maximum absolute atomic E-state index is 11.5. The van der Waals surface area contributed by atoms with Gasteiger partial charge in [-0.3, -0.25) is 4.79 Å². The van der Waals surface area contributed by atoms with Gasteiger partial charge in [-0.05, 0) is 31.7 Å². The van der Waals surface area contributed by atoms with Gasteiger partial charge in [0.05, 0.1) is 5.75 Å². The van der Waals surface area contributed by atoms with E-state index in [2.05, 4.69) is 19.9 Å². The summed E-state index contributed by atoms with van der Waals surface area (Å²) in [7, 11) is 0. The molecule has 1 N–H and O–H groups in total. The molecule has 3 aromatic rings. The van der Waals surface area contributed by atoms with Crippen molar-refractivity contribution in [3.8, 4) is 0 Å². The molecule has 4 rings (SSSR count). The van der Waals surface area contributed by atoms with Crippen molar-refractivity contribution in [1.29, 1.82) is 0 Å². The second kappa shape index (κ2) is 5.48. The number of nitrogens with one attached hydrogen (secondary N) is 1. The fourth-order valence-corrected chi connectivity index (χ4v) is 5.04. The Labute approximate surface area is 135 Å². The van der Waals surface area contributed by atoms with Crippen LogP contribution in [-0.2, 0) is 18.6 Å². The number of aryl methyl sites for hydroxylation is 3. The van der Waals surface area contributed by atoms with Crippen molar-refractivity contribution in [2.45, 2.75) is 37.0 Å². The van der Waals surface area contributed by atoms with Gasteiger partial charge >= 0.3 is 0 Å². The first-order chi connectivity index (χ1) is 10.7. The van der Waals surface area contributed by atoms with Crippen molar-refractivity contribution in [2.24, 2.45) is 0 Å². The minimum absolute atomic E-state index is 0.104. The van der Waals surface area contributed by atoms with Crippen molar-refractivity contribution < 1.29 is 0 Å². The highest BCUT2D eigenvalue weighted by Crippen LogP contribution is 2.40. The molecule has 0 bridgehead atoms. The third-order valence-corrected chi connectivity index (χ3v) is 5.93. The van der Waals surface area contributed by atoms with Crippen LogP contribution in [0.3, 0.4) is 0 Å². The maximum atomic E-state index is 11.5. The lowest BCUT2D eigenvalue weighted by Gasteiger charge is -2.04. The Morgan fingerprint density at radius 1 is 1.36 bits per heavy atom. The lowest BCUT2D eigenvalue weighted by atomic mass is 10.2. The minimum Gasteiger partial charge on any atom is -0.310 e. The Morgan fingerprint density at radius 3 is 3.14 bits per heavy atom. The van der Waals surface area contributed by atoms with Crippen LogP contribution in [0.15, 0.2) is 22.2 Å². The van der Waals surface area contributed by atoms with E-state index in [4.69, 9.17) is 0 Å². The number of thiophene rings is 1. The van der Waals surface area contributed by atoms with E-state index < -0.39 is 0 Å². The van der Waals surface area contributed by atoms with Crippen molar-refractivity contribution in [1.82, 2.24) is 19.9 Å². The maximum Gasteiger partial charge on any atom is 0.251 e. The first-order valence-corrected chi connectivity index (χ1v) is 8.96. The average Bonchev–Trinajstić information content (AvgIpc) is 3.04. The Bertz CT molecular complexity index is 916. The summed E-state index contributed by atoms with van der Waals surface area (Å²) in [6.07, 6.45) is 5.13. The Balaban J connectivity index is 1.68. The first-order valence-electron chi connectivity index (χ1n) is 7.15. The summed E-state index contributed by atoms with van der Waals surface area (Å²) in [5, 5.41) is 2.20. The molecule has 0 atom stereocenters. The molecule has 22 heavy (non-hydrogen) atoms. The van der Waals surface area contributed by atoms with Crippen LogP contribution in [0.1, 0.15) is 28.4 Å². The van der Waals surface area contributed by atoms with Gasteiger partial charge in [-0.2, -0.15) is 0 Å². The first kappa shape index (κ1) is 13.9. The molecular weight excluding hydrogens is 316 g/mol. The largest absolute Gasteiger partial charge is 0.310 e. The van der Waals surface area contributed by atoms with Crippen LogP contribution < -0.4 is 5.56 Å². The fourth-order valence-electron chi connectivity index (χ4n) is 2.86. The van der Waals surface area contributed by atoms with Gasteiger partial charge in [0.2, 0.25) is 0 Å². The Kier molecular flexibility index (Phi) is 3.46. The average molecular weight is 330 g/mol. The van der Waals surface area contributed by atoms with Crippen LogP contribution in [0, 0.1) is 6.92 Å². The van der Waals surface area contributed by atoms with Gasteiger partial charge in [0.15, 0.2) is 0 Å². The quantitative estimate of drug-likeness (QED) is 0.590. The third kappa shape index (κ3) is 2.44. The standard InChI is InChI=1S/C15H14N4OS2/c1-8-5-12(20)19-11(18-8)6-21-14-13-9-3-2-4-10(9)22-15(13)17-7-16-14/h5,7H,2-4,6H2,1H3,(H,18,19,20). The monoisotopic (exact) mass is 330 g/mol. The lowest BCUT2D eigenvalue weighted by molar-refractivity contribution is 0.915. The number of hydrogen-bond acceptors (Lipinski definition) is 6. The van der Waals surface area contributed by atoms with Crippen LogP contribution >= 0.6 is 23.1 Å². The van der Waals surface area contributed by atoms with Crippen LogP contribution in [-0.4, -0.2) is 19.9 Å².